The lowest BCUT2D eigenvalue weighted by Gasteiger charge is -2.11. The van der Waals surface area contributed by atoms with E-state index in [9.17, 15) is 13.2 Å². The van der Waals surface area contributed by atoms with Crippen LogP contribution in [0, 0.1) is 13.8 Å². The van der Waals surface area contributed by atoms with Gasteiger partial charge in [0.05, 0.1) is 9.37 Å². The Balaban J connectivity index is 2.05. The van der Waals surface area contributed by atoms with Gasteiger partial charge in [0, 0.05) is 5.69 Å². The maximum Gasteiger partial charge on any atom is 0.262 e. The molecule has 0 aliphatic heterocycles. The molecule has 0 aliphatic carbocycles. The molecule has 2 aromatic carbocycles. The number of anilines is 1. The molecule has 1 amide bonds. The first-order valence-corrected chi connectivity index (χ1v) is 9.33. The van der Waals surface area contributed by atoms with Gasteiger partial charge in [-0.25, -0.2) is 13.6 Å². The molecule has 0 saturated carbocycles. The smallest absolute Gasteiger partial charge is 0.262 e. The molecule has 0 radical (unpaired) electrons. The van der Waals surface area contributed by atoms with E-state index >= 15 is 0 Å². The van der Waals surface area contributed by atoms with Crippen molar-refractivity contribution < 1.29 is 17.9 Å². The van der Waals surface area contributed by atoms with E-state index in [1.165, 1.54) is 6.07 Å². The van der Waals surface area contributed by atoms with Crippen molar-refractivity contribution in [1.82, 2.24) is 0 Å². The van der Waals surface area contributed by atoms with E-state index in [1.807, 2.05) is 19.1 Å². The second-order valence-corrected chi connectivity index (χ2v) is 7.68. The van der Waals surface area contributed by atoms with Crippen LogP contribution < -0.4 is 15.2 Å². The highest BCUT2D eigenvalue weighted by Crippen LogP contribution is 2.25. The van der Waals surface area contributed by atoms with Gasteiger partial charge in [-0.3, -0.25) is 4.79 Å². The third kappa shape index (κ3) is 4.80. The average molecular weight is 413 g/mol. The van der Waals surface area contributed by atoms with E-state index in [4.69, 9.17) is 9.88 Å². The predicted octanol–water partition coefficient (Wildman–Crippen LogP) is 2.73. The van der Waals surface area contributed by atoms with Gasteiger partial charge in [0.1, 0.15) is 5.75 Å². The van der Waals surface area contributed by atoms with Crippen molar-refractivity contribution in [2.75, 3.05) is 11.9 Å². The minimum absolute atomic E-state index is 0.0255. The van der Waals surface area contributed by atoms with Crippen LogP contribution in [-0.4, -0.2) is 20.9 Å². The first-order chi connectivity index (χ1) is 11.2. The Bertz CT molecular complexity index is 882. The zero-order valence-corrected chi connectivity index (χ0v) is 15.6. The zero-order chi connectivity index (χ0) is 17.9. The fourth-order valence-corrected chi connectivity index (χ4v) is 3.46. The summed E-state index contributed by atoms with van der Waals surface area (Å²) < 4.78 is 29.2. The van der Waals surface area contributed by atoms with Crippen molar-refractivity contribution in [1.29, 1.82) is 0 Å². The standard InChI is InChI=1S/C16H17BrN2O4S/c1-10-3-6-14(13(17)7-10)23-9-16(20)19-12-5-4-11(2)15(8-12)24(18,21)22/h3-8H,9H2,1-2H3,(H,19,20)(H2,18,21,22). The maximum absolute atomic E-state index is 12.0. The quantitative estimate of drug-likeness (QED) is 0.788. The molecule has 0 heterocycles. The Morgan fingerprint density at radius 1 is 1.21 bits per heavy atom. The van der Waals surface area contributed by atoms with Gasteiger partial charge in [0.2, 0.25) is 10.0 Å². The highest BCUT2D eigenvalue weighted by Gasteiger charge is 2.13. The molecule has 2 aromatic rings. The number of hydrogen-bond acceptors (Lipinski definition) is 4. The summed E-state index contributed by atoms with van der Waals surface area (Å²) in [6.45, 7) is 3.37. The summed E-state index contributed by atoms with van der Waals surface area (Å²) >= 11 is 3.37. The van der Waals surface area contributed by atoms with Gasteiger partial charge in [-0.05, 0) is 65.2 Å². The number of sulfonamides is 1. The minimum atomic E-state index is -3.85. The number of carbonyl (C=O) groups is 1. The molecule has 0 spiro atoms. The molecule has 0 atom stereocenters. The number of nitrogens with two attached hydrogens (primary N) is 1. The van der Waals surface area contributed by atoms with E-state index < -0.39 is 15.9 Å². The summed E-state index contributed by atoms with van der Waals surface area (Å²) in [4.78, 5) is 12.0. The van der Waals surface area contributed by atoms with Crippen LogP contribution in [0.2, 0.25) is 0 Å². The number of hydrogen-bond donors (Lipinski definition) is 2. The normalized spacial score (nSPS) is 11.2. The summed E-state index contributed by atoms with van der Waals surface area (Å²) in [5.74, 6) is 0.136. The van der Waals surface area contributed by atoms with Crippen molar-refractivity contribution in [3.8, 4) is 5.75 Å². The number of halogens is 1. The van der Waals surface area contributed by atoms with Gasteiger partial charge < -0.3 is 10.1 Å². The van der Waals surface area contributed by atoms with Gasteiger partial charge in [-0.15, -0.1) is 0 Å². The van der Waals surface area contributed by atoms with Crippen LogP contribution >= 0.6 is 15.9 Å². The van der Waals surface area contributed by atoms with Crippen LogP contribution in [-0.2, 0) is 14.8 Å². The van der Waals surface area contributed by atoms with Gasteiger partial charge >= 0.3 is 0 Å². The number of benzene rings is 2. The fourth-order valence-electron chi connectivity index (χ4n) is 2.05. The van der Waals surface area contributed by atoms with E-state index in [-0.39, 0.29) is 11.5 Å². The van der Waals surface area contributed by atoms with E-state index in [0.717, 1.165) is 10.0 Å². The number of primary sulfonamides is 1. The van der Waals surface area contributed by atoms with Crippen molar-refractivity contribution in [2.24, 2.45) is 5.14 Å². The molecule has 2 rings (SSSR count). The molecule has 8 heteroatoms. The summed E-state index contributed by atoms with van der Waals surface area (Å²) in [6, 6.07) is 10.0. The van der Waals surface area contributed by atoms with Crippen LogP contribution in [0.5, 0.6) is 5.75 Å². The van der Waals surface area contributed by atoms with Crippen molar-refractivity contribution in [3.63, 3.8) is 0 Å². The van der Waals surface area contributed by atoms with E-state index in [2.05, 4.69) is 21.2 Å². The van der Waals surface area contributed by atoms with Crippen LogP contribution in [0.25, 0.3) is 0 Å². The Morgan fingerprint density at radius 2 is 1.92 bits per heavy atom. The molecule has 128 valence electrons. The lowest BCUT2D eigenvalue weighted by molar-refractivity contribution is -0.118. The van der Waals surface area contributed by atoms with Gasteiger partial charge in [-0.1, -0.05) is 12.1 Å². The SMILES string of the molecule is Cc1ccc(OCC(=O)Nc2ccc(C)c(S(N)(=O)=O)c2)c(Br)c1. The minimum Gasteiger partial charge on any atom is -0.483 e. The molecule has 0 unspecified atom stereocenters. The lowest BCUT2D eigenvalue weighted by atomic mass is 10.2. The van der Waals surface area contributed by atoms with Crippen LogP contribution in [0.15, 0.2) is 45.8 Å². The summed E-state index contributed by atoms with van der Waals surface area (Å²) in [5.41, 5.74) is 1.91. The van der Waals surface area contributed by atoms with Crippen LogP contribution in [0.4, 0.5) is 5.69 Å². The number of carbonyl (C=O) groups excluding carboxylic acids is 1. The Hall–Kier alpha value is -1.90. The van der Waals surface area contributed by atoms with Gasteiger partial charge in [-0.2, -0.15) is 0 Å². The Kier molecular flexibility index (Phi) is 5.63. The summed E-state index contributed by atoms with van der Waals surface area (Å²) in [5, 5.41) is 7.73. The number of ether oxygens (including phenoxy) is 1. The fraction of sp³-hybridized carbons (Fsp3) is 0.188. The first-order valence-electron chi connectivity index (χ1n) is 6.99. The van der Waals surface area contributed by atoms with Crippen LogP contribution in [0.1, 0.15) is 11.1 Å². The Labute approximate surface area is 149 Å². The lowest BCUT2D eigenvalue weighted by Crippen LogP contribution is -2.21. The molecule has 0 aliphatic rings. The van der Waals surface area contributed by atoms with Gasteiger partial charge in [0.25, 0.3) is 5.91 Å². The monoisotopic (exact) mass is 412 g/mol. The second-order valence-electron chi connectivity index (χ2n) is 5.30. The molecule has 0 fully saturated rings. The maximum atomic E-state index is 12.0. The summed E-state index contributed by atoms with van der Waals surface area (Å²) in [7, 11) is -3.85. The number of rotatable bonds is 5. The molecular formula is C16H17BrN2O4S. The third-order valence-electron chi connectivity index (χ3n) is 3.22. The predicted molar refractivity (Wildman–Crippen MR) is 95.6 cm³/mol. The molecule has 3 N–H and O–H groups in total. The molecule has 0 bridgehead atoms. The molecule has 0 saturated heterocycles. The van der Waals surface area contributed by atoms with Gasteiger partial charge in [0.15, 0.2) is 6.61 Å². The van der Waals surface area contributed by atoms with Crippen molar-refractivity contribution in [2.45, 2.75) is 18.7 Å². The number of amides is 1. The summed E-state index contributed by atoms with van der Waals surface area (Å²) in [6.07, 6.45) is 0. The average Bonchev–Trinajstić information content (AvgIpc) is 2.47. The zero-order valence-electron chi connectivity index (χ0n) is 13.2. The highest BCUT2D eigenvalue weighted by molar-refractivity contribution is 9.10. The number of nitrogens with one attached hydrogen (secondary N) is 1. The molecule has 6 nitrogen and oxygen atoms in total. The Morgan fingerprint density at radius 3 is 2.54 bits per heavy atom. The largest absolute Gasteiger partial charge is 0.483 e. The topological polar surface area (TPSA) is 98.5 Å². The van der Waals surface area contributed by atoms with Crippen molar-refractivity contribution in [3.05, 3.63) is 52.0 Å². The molecule has 0 aromatic heterocycles. The van der Waals surface area contributed by atoms with Crippen molar-refractivity contribution >= 4 is 37.5 Å². The first kappa shape index (κ1) is 18.4. The molecular weight excluding hydrogens is 396 g/mol. The van der Waals surface area contributed by atoms with E-state index in [1.54, 1.807) is 25.1 Å². The third-order valence-corrected chi connectivity index (χ3v) is 4.90. The highest BCUT2D eigenvalue weighted by atomic mass is 79.9. The number of aryl methyl sites for hydroxylation is 2. The second kappa shape index (κ2) is 7.33. The van der Waals surface area contributed by atoms with E-state index in [0.29, 0.717) is 17.0 Å². The molecule has 24 heavy (non-hydrogen) atoms. The van der Waals surface area contributed by atoms with Crippen LogP contribution in [0.3, 0.4) is 0 Å².